The minimum Gasteiger partial charge on any atom is -0.374 e. The van der Waals surface area contributed by atoms with Gasteiger partial charge in [-0.15, -0.1) is 0 Å². The zero-order valence-corrected chi connectivity index (χ0v) is 13.5. The van der Waals surface area contributed by atoms with E-state index in [9.17, 15) is 0 Å². The SMILES string of the molecule is CCO[Si](OCC)(OCC)C(C)CNC(C)CN. The molecule has 0 heterocycles. The summed E-state index contributed by atoms with van der Waals surface area (Å²) in [6.07, 6.45) is 0. The van der Waals surface area contributed by atoms with Crippen molar-refractivity contribution in [3.05, 3.63) is 0 Å². The largest absolute Gasteiger partial charge is 0.505 e. The lowest BCUT2D eigenvalue weighted by atomic mass is 10.3. The standard InChI is InChI=1S/C12H30N2O3Si/c1-6-15-18(16-7-2,17-8-3)12(5)10-14-11(4)9-13/h11-12,14H,6-10,13H2,1-5H3. The molecule has 0 aliphatic rings. The van der Waals surface area contributed by atoms with Crippen molar-refractivity contribution in [1.29, 1.82) is 0 Å². The summed E-state index contributed by atoms with van der Waals surface area (Å²) >= 11 is 0. The summed E-state index contributed by atoms with van der Waals surface area (Å²) in [6, 6.07) is 0.295. The van der Waals surface area contributed by atoms with Gasteiger partial charge in [0, 0.05) is 44.5 Å². The Morgan fingerprint density at radius 1 is 1.00 bits per heavy atom. The molecule has 0 aromatic rings. The second kappa shape index (κ2) is 9.88. The van der Waals surface area contributed by atoms with Crippen LogP contribution in [-0.2, 0) is 13.3 Å². The van der Waals surface area contributed by atoms with Crippen LogP contribution in [0.3, 0.4) is 0 Å². The first kappa shape index (κ1) is 18.0. The van der Waals surface area contributed by atoms with Gasteiger partial charge >= 0.3 is 8.80 Å². The first-order valence-electron chi connectivity index (χ1n) is 6.91. The van der Waals surface area contributed by atoms with Crippen LogP contribution in [-0.4, -0.2) is 47.8 Å². The summed E-state index contributed by atoms with van der Waals surface area (Å²) in [6.45, 7) is 13.4. The molecule has 2 unspecified atom stereocenters. The van der Waals surface area contributed by atoms with Gasteiger partial charge in [-0.2, -0.15) is 0 Å². The van der Waals surface area contributed by atoms with Crippen LogP contribution in [0.4, 0.5) is 0 Å². The predicted molar refractivity (Wildman–Crippen MR) is 76.6 cm³/mol. The van der Waals surface area contributed by atoms with Gasteiger partial charge in [-0.05, 0) is 27.7 Å². The van der Waals surface area contributed by atoms with Gasteiger partial charge in [0.25, 0.3) is 0 Å². The predicted octanol–water partition coefficient (Wildman–Crippen LogP) is 1.36. The summed E-state index contributed by atoms with van der Waals surface area (Å²) < 4.78 is 17.6. The molecule has 0 aliphatic carbocycles. The number of nitrogens with one attached hydrogen (secondary N) is 1. The molecule has 2 atom stereocenters. The molecule has 0 radical (unpaired) electrons. The molecule has 0 amide bonds. The van der Waals surface area contributed by atoms with E-state index >= 15 is 0 Å². The van der Waals surface area contributed by atoms with Gasteiger partial charge in [0.15, 0.2) is 0 Å². The van der Waals surface area contributed by atoms with Gasteiger partial charge in [-0.1, -0.05) is 6.92 Å². The zero-order valence-electron chi connectivity index (χ0n) is 12.5. The summed E-state index contributed by atoms with van der Waals surface area (Å²) in [5.41, 5.74) is 5.81. The highest BCUT2D eigenvalue weighted by Crippen LogP contribution is 2.25. The molecule has 18 heavy (non-hydrogen) atoms. The Morgan fingerprint density at radius 2 is 1.44 bits per heavy atom. The number of rotatable bonds is 11. The van der Waals surface area contributed by atoms with Crippen LogP contribution < -0.4 is 11.1 Å². The fourth-order valence-corrected chi connectivity index (χ4v) is 4.42. The molecular formula is C12H30N2O3Si. The molecule has 0 aromatic carbocycles. The Balaban J connectivity index is 4.58. The van der Waals surface area contributed by atoms with Crippen LogP contribution in [0.5, 0.6) is 0 Å². The van der Waals surface area contributed by atoms with Crippen molar-refractivity contribution >= 4 is 8.80 Å². The van der Waals surface area contributed by atoms with E-state index in [2.05, 4.69) is 19.2 Å². The van der Waals surface area contributed by atoms with E-state index in [1.54, 1.807) is 0 Å². The summed E-state index contributed by atoms with van der Waals surface area (Å²) in [4.78, 5) is 0. The molecule has 3 N–H and O–H groups in total. The first-order valence-corrected chi connectivity index (χ1v) is 8.71. The van der Waals surface area contributed by atoms with Gasteiger partial charge in [-0.25, -0.2) is 0 Å². The van der Waals surface area contributed by atoms with Crippen LogP contribution in [0.1, 0.15) is 34.6 Å². The molecule has 110 valence electrons. The maximum absolute atomic E-state index is 5.86. The maximum atomic E-state index is 5.86. The third-order valence-corrected chi connectivity index (χ3v) is 6.25. The Bertz CT molecular complexity index is 191. The molecule has 0 rings (SSSR count). The third kappa shape index (κ3) is 5.77. The fourth-order valence-electron chi connectivity index (χ4n) is 1.74. The average Bonchev–Trinajstić information content (AvgIpc) is 2.36. The lowest BCUT2D eigenvalue weighted by Crippen LogP contribution is -2.53. The van der Waals surface area contributed by atoms with Crippen LogP contribution in [0, 0.1) is 0 Å². The normalized spacial score (nSPS) is 15.7. The molecule has 6 heteroatoms. The summed E-state index contributed by atoms with van der Waals surface area (Å²) in [5.74, 6) is 0. The van der Waals surface area contributed by atoms with Crippen LogP contribution in [0.2, 0.25) is 5.54 Å². The molecule has 0 bridgehead atoms. The van der Waals surface area contributed by atoms with Gasteiger partial charge < -0.3 is 24.3 Å². The van der Waals surface area contributed by atoms with Crippen molar-refractivity contribution in [2.45, 2.75) is 46.2 Å². The second-order valence-electron chi connectivity index (χ2n) is 4.35. The van der Waals surface area contributed by atoms with Gasteiger partial charge in [0.2, 0.25) is 0 Å². The minimum absolute atomic E-state index is 0.214. The Labute approximate surface area is 113 Å². The molecule has 5 nitrogen and oxygen atoms in total. The molecule has 0 saturated carbocycles. The lowest BCUT2D eigenvalue weighted by molar-refractivity contribution is 0.0622. The lowest BCUT2D eigenvalue weighted by Gasteiger charge is -2.34. The second-order valence-corrected chi connectivity index (χ2v) is 7.41. The van der Waals surface area contributed by atoms with Crippen LogP contribution in [0.15, 0.2) is 0 Å². The molecule has 0 aromatic heterocycles. The highest BCUT2D eigenvalue weighted by Gasteiger charge is 2.46. The van der Waals surface area contributed by atoms with E-state index < -0.39 is 8.80 Å². The van der Waals surface area contributed by atoms with Crippen molar-refractivity contribution < 1.29 is 13.3 Å². The Morgan fingerprint density at radius 3 is 1.78 bits per heavy atom. The van der Waals surface area contributed by atoms with Crippen molar-refractivity contribution in [3.63, 3.8) is 0 Å². The maximum Gasteiger partial charge on any atom is 0.505 e. The van der Waals surface area contributed by atoms with E-state index in [4.69, 9.17) is 19.0 Å². The monoisotopic (exact) mass is 278 g/mol. The topological polar surface area (TPSA) is 65.7 Å². The third-order valence-electron chi connectivity index (χ3n) is 2.77. The van der Waals surface area contributed by atoms with Crippen LogP contribution in [0.25, 0.3) is 0 Å². The Kier molecular flexibility index (Phi) is 9.89. The van der Waals surface area contributed by atoms with Crippen molar-refractivity contribution in [1.82, 2.24) is 5.32 Å². The van der Waals surface area contributed by atoms with Crippen LogP contribution >= 0.6 is 0 Å². The van der Waals surface area contributed by atoms with Crippen molar-refractivity contribution in [3.8, 4) is 0 Å². The molecule has 0 saturated heterocycles. The molecular weight excluding hydrogens is 248 g/mol. The first-order chi connectivity index (χ1) is 8.56. The van der Waals surface area contributed by atoms with E-state index in [1.807, 2.05) is 20.8 Å². The van der Waals surface area contributed by atoms with Gasteiger partial charge in [0.05, 0.1) is 0 Å². The summed E-state index contributed by atoms with van der Waals surface area (Å²) in [5, 5.41) is 3.38. The molecule has 0 spiro atoms. The summed E-state index contributed by atoms with van der Waals surface area (Å²) in [7, 11) is -2.58. The Hall–Kier alpha value is 0.0169. The quantitative estimate of drug-likeness (QED) is 0.559. The van der Waals surface area contributed by atoms with Crippen molar-refractivity contribution in [2.75, 3.05) is 32.9 Å². The van der Waals surface area contributed by atoms with E-state index in [0.29, 0.717) is 32.4 Å². The van der Waals surface area contributed by atoms with E-state index in [-0.39, 0.29) is 5.54 Å². The number of hydrogen-bond acceptors (Lipinski definition) is 5. The number of hydrogen-bond donors (Lipinski definition) is 2. The zero-order chi connectivity index (χ0) is 14.0. The van der Waals surface area contributed by atoms with Gasteiger partial charge in [0.1, 0.15) is 0 Å². The minimum atomic E-state index is -2.58. The van der Waals surface area contributed by atoms with Gasteiger partial charge in [-0.3, -0.25) is 0 Å². The fraction of sp³-hybridized carbons (Fsp3) is 1.00. The number of nitrogens with two attached hydrogens (primary N) is 1. The highest BCUT2D eigenvalue weighted by molar-refractivity contribution is 6.62. The van der Waals surface area contributed by atoms with E-state index in [0.717, 1.165) is 6.54 Å². The van der Waals surface area contributed by atoms with E-state index in [1.165, 1.54) is 0 Å². The average molecular weight is 278 g/mol. The van der Waals surface area contributed by atoms with Crippen molar-refractivity contribution in [2.24, 2.45) is 5.73 Å². The highest BCUT2D eigenvalue weighted by atomic mass is 28.4. The molecule has 0 fully saturated rings. The molecule has 0 aliphatic heterocycles. The smallest absolute Gasteiger partial charge is 0.374 e.